The van der Waals surface area contributed by atoms with Crippen molar-refractivity contribution in [3.63, 3.8) is 0 Å². The molecule has 1 N–H and O–H groups in total. The van der Waals surface area contributed by atoms with Crippen LogP contribution >= 0.6 is 0 Å². The van der Waals surface area contributed by atoms with Crippen LogP contribution in [0.2, 0.25) is 0 Å². The second kappa shape index (κ2) is 6.55. The van der Waals surface area contributed by atoms with E-state index in [2.05, 4.69) is 28.6 Å². The van der Waals surface area contributed by atoms with Crippen LogP contribution in [0.15, 0.2) is 60.7 Å². The fourth-order valence-corrected chi connectivity index (χ4v) is 3.56. The lowest BCUT2D eigenvalue weighted by Gasteiger charge is -2.26. The number of fused-ring (bicyclic) bond motifs is 1. The maximum atomic E-state index is 13.0. The van der Waals surface area contributed by atoms with Crippen LogP contribution in [0.4, 0.5) is 0 Å². The summed E-state index contributed by atoms with van der Waals surface area (Å²) in [5, 5.41) is 7.71. The number of hydrogen-bond acceptors (Lipinski definition) is 2. The molecule has 1 amide bonds. The lowest BCUT2D eigenvalue weighted by atomic mass is 9.87. The third-order valence-electron chi connectivity index (χ3n) is 4.74. The van der Waals surface area contributed by atoms with Gasteiger partial charge in [0.05, 0.1) is 17.4 Å². The van der Waals surface area contributed by atoms with Gasteiger partial charge in [-0.05, 0) is 55.5 Å². The van der Waals surface area contributed by atoms with E-state index >= 15 is 0 Å². The first kappa shape index (κ1) is 15.6. The molecule has 4 heteroatoms. The van der Waals surface area contributed by atoms with Crippen LogP contribution in [0.25, 0.3) is 5.69 Å². The van der Waals surface area contributed by atoms with Gasteiger partial charge in [-0.1, -0.05) is 42.5 Å². The predicted molar refractivity (Wildman–Crippen MR) is 97.9 cm³/mol. The fraction of sp³-hybridized carbons (Fsp3) is 0.238. The third kappa shape index (κ3) is 3.07. The fourth-order valence-electron chi connectivity index (χ4n) is 3.56. The quantitative estimate of drug-likeness (QED) is 0.789. The SMILES string of the molecule is Cc1cc(C(=O)NC2CCCc3ccccc32)n(-c2ccccc2)n1. The standard InChI is InChI=1S/C21H21N3O/c1-15-14-20(24(23-15)17-10-3-2-4-11-17)21(25)22-19-13-7-9-16-8-5-6-12-18(16)19/h2-6,8,10-12,14,19H,7,9,13H2,1H3,(H,22,25). The highest BCUT2D eigenvalue weighted by Gasteiger charge is 2.24. The number of aryl methyl sites for hydroxylation is 2. The van der Waals surface area contributed by atoms with Crippen molar-refractivity contribution in [2.24, 2.45) is 0 Å². The first-order valence-electron chi connectivity index (χ1n) is 8.73. The molecule has 1 atom stereocenters. The van der Waals surface area contributed by atoms with Crippen molar-refractivity contribution in [3.05, 3.63) is 83.2 Å². The summed E-state index contributed by atoms with van der Waals surface area (Å²) in [4.78, 5) is 13.0. The molecule has 1 aliphatic rings. The first-order chi connectivity index (χ1) is 12.2. The average Bonchev–Trinajstić information content (AvgIpc) is 3.05. The normalized spacial score (nSPS) is 16.3. The number of benzene rings is 2. The summed E-state index contributed by atoms with van der Waals surface area (Å²) in [6.07, 6.45) is 3.16. The van der Waals surface area contributed by atoms with Crippen molar-refractivity contribution in [1.82, 2.24) is 15.1 Å². The molecule has 1 aliphatic carbocycles. The van der Waals surface area contributed by atoms with Crippen LogP contribution in [-0.4, -0.2) is 15.7 Å². The Morgan fingerprint density at radius 3 is 2.72 bits per heavy atom. The number of nitrogens with zero attached hydrogens (tertiary/aromatic N) is 2. The number of carbonyl (C=O) groups is 1. The molecular weight excluding hydrogens is 310 g/mol. The number of rotatable bonds is 3. The Morgan fingerprint density at radius 1 is 1.12 bits per heavy atom. The summed E-state index contributed by atoms with van der Waals surface area (Å²) in [5.74, 6) is -0.0776. The molecule has 4 rings (SSSR count). The maximum absolute atomic E-state index is 13.0. The molecule has 0 radical (unpaired) electrons. The Bertz CT molecular complexity index is 899. The molecule has 0 fully saturated rings. The lowest BCUT2D eigenvalue weighted by molar-refractivity contribution is 0.0925. The van der Waals surface area contributed by atoms with Gasteiger partial charge in [-0.15, -0.1) is 0 Å². The van der Waals surface area contributed by atoms with Gasteiger partial charge >= 0.3 is 0 Å². The molecule has 2 aromatic carbocycles. The van der Waals surface area contributed by atoms with E-state index in [0.29, 0.717) is 5.69 Å². The zero-order chi connectivity index (χ0) is 17.2. The highest BCUT2D eigenvalue weighted by Crippen LogP contribution is 2.29. The molecule has 0 saturated heterocycles. The van der Waals surface area contributed by atoms with Gasteiger partial charge in [0.15, 0.2) is 0 Å². The van der Waals surface area contributed by atoms with Gasteiger partial charge in [0.2, 0.25) is 0 Å². The predicted octanol–water partition coefficient (Wildman–Crippen LogP) is 3.99. The molecule has 0 spiro atoms. The Hall–Kier alpha value is -2.88. The lowest BCUT2D eigenvalue weighted by Crippen LogP contribution is -2.32. The van der Waals surface area contributed by atoms with Crippen molar-refractivity contribution < 1.29 is 4.79 Å². The maximum Gasteiger partial charge on any atom is 0.270 e. The topological polar surface area (TPSA) is 46.9 Å². The van der Waals surface area contributed by atoms with Crippen LogP contribution in [0.5, 0.6) is 0 Å². The van der Waals surface area contributed by atoms with Gasteiger partial charge in [0.1, 0.15) is 5.69 Å². The van der Waals surface area contributed by atoms with E-state index in [1.165, 1.54) is 11.1 Å². The van der Waals surface area contributed by atoms with Gasteiger partial charge < -0.3 is 5.32 Å². The van der Waals surface area contributed by atoms with Crippen molar-refractivity contribution >= 4 is 5.91 Å². The number of nitrogens with one attached hydrogen (secondary N) is 1. The summed E-state index contributed by atoms with van der Waals surface area (Å²) in [6.45, 7) is 1.91. The summed E-state index contributed by atoms with van der Waals surface area (Å²) >= 11 is 0. The van der Waals surface area contributed by atoms with E-state index in [1.807, 2.05) is 49.4 Å². The van der Waals surface area contributed by atoms with E-state index < -0.39 is 0 Å². The minimum atomic E-state index is -0.0776. The Labute approximate surface area is 147 Å². The molecule has 0 aliphatic heterocycles. The summed E-state index contributed by atoms with van der Waals surface area (Å²) in [6, 6.07) is 20.1. The first-order valence-corrected chi connectivity index (χ1v) is 8.73. The molecule has 0 saturated carbocycles. The second-order valence-electron chi connectivity index (χ2n) is 6.54. The molecule has 25 heavy (non-hydrogen) atoms. The van der Waals surface area contributed by atoms with E-state index in [9.17, 15) is 4.79 Å². The zero-order valence-electron chi connectivity index (χ0n) is 14.3. The van der Waals surface area contributed by atoms with E-state index in [4.69, 9.17) is 0 Å². The number of para-hydroxylation sites is 1. The molecular formula is C21H21N3O. The molecule has 1 heterocycles. The largest absolute Gasteiger partial charge is 0.344 e. The minimum Gasteiger partial charge on any atom is -0.344 e. The highest BCUT2D eigenvalue weighted by molar-refractivity contribution is 5.93. The van der Waals surface area contributed by atoms with Crippen molar-refractivity contribution in [2.75, 3.05) is 0 Å². The van der Waals surface area contributed by atoms with Crippen LogP contribution in [0, 0.1) is 6.92 Å². The monoisotopic (exact) mass is 331 g/mol. The van der Waals surface area contributed by atoms with Crippen molar-refractivity contribution in [1.29, 1.82) is 0 Å². The Morgan fingerprint density at radius 2 is 1.88 bits per heavy atom. The summed E-state index contributed by atoms with van der Waals surface area (Å²) in [7, 11) is 0. The average molecular weight is 331 g/mol. The minimum absolute atomic E-state index is 0.0666. The van der Waals surface area contributed by atoms with Crippen LogP contribution in [0.3, 0.4) is 0 Å². The summed E-state index contributed by atoms with van der Waals surface area (Å²) in [5.41, 5.74) is 4.88. The number of amides is 1. The summed E-state index contributed by atoms with van der Waals surface area (Å²) < 4.78 is 1.72. The van der Waals surface area contributed by atoms with Gasteiger partial charge in [-0.25, -0.2) is 4.68 Å². The second-order valence-corrected chi connectivity index (χ2v) is 6.54. The molecule has 126 valence electrons. The van der Waals surface area contributed by atoms with E-state index in [1.54, 1.807) is 4.68 Å². The van der Waals surface area contributed by atoms with Gasteiger partial charge in [0.25, 0.3) is 5.91 Å². The Kier molecular flexibility index (Phi) is 4.10. The molecule has 3 aromatic rings. The molecule has 0 bridgehead atoms. The van der Waals surface area contributed by atoms with Gasteiger partial charge in [0, 0.05) is 0 Å². The number of hydrogen-bond donors (Lipinski definition) is 1. The van der Waals surface area contributed by atoms with Gasteiger partial charge in [-0.2, -0.15) is 5.10 Å². The molecule has 4 nitrogen and oxygen atoms in total. The zero-order valence-corrected chi connectivity index (χ0v) is 14.3. The Balaban J connectivity index is 1.63. The highest BCUT2D eigenvalue weighted by atomic mass is 16.2. The van der Waals surface area contributed by atoms with Crippen molar-refractivity contribution in [2.45, 2.75) is 32.2 Å². The molecule has 1 aromatic heterocycles. The van der Waals surface area contributed by atoms with Crippen molar-refractivity contribution in [3.8, 4) is 5.69 Å². The van der Waals surface area contributed by atoms with Crippen LogP contribution in [-0.2, 0) is 6.42 Å². The van der Waals surface area contributed by atoms with Crippen LogP contribution < -0.4 is 5.32 Å². The number of carbonyl (C=O) groups excluding carboxylic acids is 1. The van der Waals surface area contributed by atoms with Gasteiger partial charge in [-0.3, -0.25) is 4.79 Å². The van der Waals surface area contributed by atoms with E-state index in [0.717, 1.165) is 30.6 Å². The smallest absolute Gasteiger partial charge is 0.270 e. The van der Waals surface area contributed by atoms with E-state index in [-0.39, 0.29) is 11.9 Å². The molecule has 1 unspecified atom stereocenters. The third-order valence-corrected chi connectivity index (χ3v) is 4.74. The number of aromatic nitrogens is 2. The van der Waals surface area contributed by atoms with Crippen LogP contribution in [0.1, 0.15) is 46.2 Å².